The quantitative estimate of drug-likeness (QED) is 0.628. The molecule has 0 saturated carbocycles. The van der Waals surface area contributed by atoms with Crippen molar-refractivity contribution >= 4 is 29.2 Å². The Kier molecular flexibility index (Phi) is 4.15. The Bertz CT molecular complexity index is 1050. The number of aromatic amines is 2. The first-order valence-corrected chi connectivity index (χ1v) is 9.14. The summed E-state index contributed by atoms with van der Waals surface area (Å²) in [6.07, 6.45) is 1.85. The SMILES string of the molecule is Cc1cc(C)cc(C2CCCN2C(=O)c2cc(F)cc3[nH]c(=S)[nH]c23)c1. The molecule has 4 rings (SSSR count). The maximum Gasteiger partial charge on any atom is 0.256 e. The van der Waals surface area contributed by atoms with Gasteiger partial charge in [-0.1, -0.05) is 29.3 Å². The third kappa shape index (κ3) is 2.94. The Morgan fingerprint density at radius 1 is 1.15 bits per heavy atom. The number of nitrogens with one attached hydrogen (secondary N) is 2. The van der Waals surface area contributed by atoms with Crippen molar-refractivity contribution in [3.8, 4) is 0 Å². The number of fused-ring (bicyclic) bond motifs is 1. The number of carbonyl (C=O) groups excluding carboxylic acids is 1. The number of halogens is 1. The molecule has 26 heavy (non-hydrogen) atoms. The van der Waals surface area contributed by atoms with Gasteiger partial charge >= 0.3 is 0 Å². The molecule has 1 amide bonds. The molecule has 1 fully saturated rings. The van der Waals surface area contributed by atoms with Crippen molar-refractivity contribution in [2.24, 2.45) is 0 Å². The van der Waals surface area contributed by atoms with E-state index in [1.807, 2.05) is 4.90 Å². The van der Waals surface area contributed by atoms with Crippen LogP contribution in [-0.2, 0) is 0 Å². The smallest absolute Gasteiger partial charge is 0.256 e. The second-order valence-electron chi connectivity index (χ2n) is 7.03. The van der Waals surface area contributed by atoms with Crippen LogP contribution < -0.4 is 0 Å². The van der Waals surface area contributed by atoms with Gasteiger partial charge in [-0.25, -0.2) is 4.39 Å². The summed E-state index contributed by atoms with van der Waals surface area (Å²) in [6.45, 7) is 4.79. The van der Waals surface area contributed by atoms with Gasteiger partial charge < -0.3 is 14.9 Å². The first kappa shape index (κ1) is 17.0. The van der Waals surface area contributed by atoms with E-state index in [0.717, 1.165) is 18.4 Å². The van der Waals surface area contributed by atoms with E-state index in [1.54, 1.807) is 0 Å². The minimum atomic E-state index is -0.451. The Labute approximate surface area is 156 Å². The third-order valence-corrected chi connectivity index (χ3v) is 5.17. The molecule has 0 bridgehead atoms. The molecule has 1 aliphatic rings. The van der Waals surface area contributed by atoms with Gasteiger partial charge in [0.15, 0.2) is 4.77 Å². The monoisotopic (exact) mass is 369 g/mol. The van der Waals surface area contributed by atoms with Gasteiger partial charge in [-0.3, -0.25) is 4.79 Å². The molecule has 2 N–H and O–H groups in total. The molecule has 0 aliphatic carbocycles. The zero-order valence-corrected chi connectivity index (χ0v) is 15.5. The van der Waals surface area contributed by atoms with Crippen molar-refractivity contribution in [1.82, 2.24) is 14.9 Å². The predicted molar refractivity (Wildman–Crippen MR) is 102 cm³/mol. The lowest BCUT2D eigenvalue weighted by molar-refractivity contribution is 0.0737. The minimum absolute atomic E-state index is 0.0151. The number of benzene rings is 2. The first-order valence-electron chi connectivity index (χ1n) is 8.73. The molecule has 1 aromatic heterocycles. The molecule has 3 aromatic rings. The Balaban J connectivity index is 1.77. The first-order chi connectivity index (χ1) is 12.4. The molecule has 0 radical (unpaired) electrons. The highest BCUT2D eigenvalue weighted by molar-refractivity contribution is 7.71. The number of likely N-dealkylation sites (tertiary alicyclic amines) is 1. The van der Waals surface area contributed by atoms with E-state index in [2.05, 4.69) is 42.0 Å². The number of nitrogens with zero attached hydrogens (tertiary/aromatic N) is 1. The van der Waals surface area contributed by atoms with Crippen LogP contribution >= 0.6 is 12.2 Å². The van der Waals surface area contributed by atoms with Crippen LogP contribution in [0.2, 0.25) is 0 Å². The zero-order chi connectivity index (χ0) is 18.4. The summed E-state index contributed by atoms with van der Waals surface area (Å²) in [5.41, 5.74) is 4.91. The van der Waals surface area contributed by atoms with E-state index in [-0.39, 0.29) is 11.9 Å². The Hall–Kier alpha value is -2.47. The average Bonchev–Trinajstić information content (AvgIpc) is 3.18. The summed E-state index contributed by atoms with van der Waals surface area (Å²) >= 11 is 5.11. The highest BCUT2D eigenvalue weighted by Crippen LogP contribution is 2.35. The van der Waals surface area contributed by atoms with Crippen LogP contribution in [0.4, 0.5) is 4.39 Å². The summed E-state index contributed by atoms with van der Waals surface area (Å²) in [5, 5.41) is 0. The predicted octanol–water partition coefficient (Wildman–Crippen LogP) is 4.96. The highest BCUT2D eigenvalue weighted by Gasteiger charge is 2.32. The van der Waals surface area contributed by atoms with Gasteiger partial charge in [0.05, 0.1) is 22.6 Å². The molecule has 1 unspecified atom stereocenters. The number of aryl methyl sites for hydroxylation is 2. The normalized spacial score (nSPS) is 17.2. The number of aromatic nitrogens is 2. The van der Waals surface area contributed by atoms with Crippen LogP contribution in [0, 0.1) is 24.4 Å². The number of amides is 1. The van der Waals surface area contributed by atoms with Gasteiger partial charge in [-0.15, -0.1) is 0 Å². The molecule has 4 nitrogen and oxygen atoms in total. The van der Waals surface area contributed by atoms with E-state index in [0.29, 0.717) is 27.9 Å². The van der Waals surface area contributed by atoms with E-state index in [9.17, 15) is 9.18 Å². The van der Waals surface area contributed by atoms with Gasteiger partial charge in [0, 0.05) is 6.54 Å². The number of H-pyrrole nitrogens is 2. The highest BCUT2D eigenvalue weighted by atomic mass is 32.1. The molecular formula is C20H20FN3OS. The molecule has 0 spiro atoms. The molecule has 6 heteroatoms. The topological polar surface area (TPSA) is 51.9 Å². The molecule has 2 heterocycles. The summed E-state index contributed by atoms with van der Waals surface area (Å²) in [7, 11) is 0. The lowest BCUT2D eigenvalue weighted by atomic mass is 9.99. The minimum Gasteiger partial charge on any atom is -0.332 e. The van der Waals surface area contributed by atoms with Crippen LogP contribution in [0.25, 0.3) is 11.0 Å². The Morgan fingerprint density at radius 3 is 2.62 bits per heavy atom. The number of rotatable bonds is 2. The van der Waals surface area contributed by atoms with E-state index in [4.69, 9.17) is 12.2 Å². The average molecular weight is 369 g/mol. The van der Waals surface area contributed by atoms with Crippen LogP contribution in [-0.4, -0.2) is 27.3 Å². The maximum atomic E-state index is 14.0. The fourth-order valence-electron chi connectivity index (χ4n) is 3.99. The molecule has 134 valence electrons. The van der Waals surface area contributed by atoms with Crippen LogP contribution in [0.15, 0.2) is 30.3 Å². The molecule has 1 atom stereocenters. The number of imidazole rings is 1. The lowest BCUT2D eigenvalue weighted by Crippen LogP contribution is -2.31. The van der Waals surface area contributed by atoms with Crippen molar-refractivity contribution < 1.29 is 9.18 Å². The van der Waals surface area contributed by atoms with Crippen LogP contribution in [0.1, 0.15) is 45.9 Å². The number of hydrogen-bond donors (Lipinski definition) is 2. The standard InChI is InChI=1S/C20H20FN3OS/c1-11-6-12(2)8-13(7-11)17-4-3-5-24(17)19(25)15-9-14(21)10-16-18(15)23-20(26)22-16/h6-10,17H,3-5H2,1-2H3,(H2,22,23,26). The van der Waals surface area contributed by atoms with Gasteiger partial charge in [0.2, 0.25) is 0 Å². The van der Waals surface area contributed by atoms with Gasteiger partial charge in [0.25, 0.3) is 5.91 Å². The summed E-state index contributed by atoms with van der Waals surface area (Å²) in [6, 6.07) is 9.05. The van der Waals surface area contributed by atoms with Crippen molar-refractivity contribution in [2.45, 2.75) is 32.7 Å². The van der Waals surface area contributed by atoms with E-state index in [1.165, 1.54) is 23.3 Å². The molecule has 1 saturated heterocycles. The summed E-state index contributed by atoms with van der Waals surface area (Å²) in [5.74, 6) is -0.616. The van der Waals surface area contributed by atoms with Crippen molar-refractivity contribution in [3.05, 3.63) is 63.2 Å². The second kappa shape index (κ2) is 6.36. The molecular weight excluding hydrogens is 349 g/mol. The van der Waals surface area contributed by atoms with Crippen LogP contribution in [0.5, 0.6) is 0 Å². The van der Waals surface area contributed by atoms with Gasteiger partial charge in [0.1, 0.15) is 5.82 Å². The van der Waals surface area contributed by atoms with Crippen molar-refractivity contribution in [1.29, 1.82) is 0 Å². The fourth-order valence-corrected chi connectivity index (χ4v) is 4.20. The number of hydrogen-bond acceptors (Lipinski definition) is 2. The summed E-state index contributed by atoms with van der Waals surface area (Å²) in [4.78, 5) is 21.0. The van der Waals surface area contributed by atoms with Crippen molar-refractivity contribution in [2.75, 3.05) is 6.54 Å². The largest absolute Gasteiger partial charge is 0.332 e. The summed E-state index contributed by atoms with van der Waals surface area (Å²) < 4.78 is 14.4. The second-order valence-corrected chi connectivity index (χ2v) is 7.44. The third-order valence-electron chi connectivity index (χ3n) is 4.96. The molecule has 1 aliphatic heterocycles. The van der Waals surface area contributed by atoms with Crippen LogP contribution in [0.3, 0.4) is 0 Å². The van der Waals surface area contributed by atoms with E-state index < -0.39 is 5.82 Å². The number of carbonyl (C=O) groups is 1. The Morgan fingerprint density at radius 2 is 1.88 bits per heavy atom. The van der Waals surface area contributed by atoms with E-state index >= 15 is 0 Å². The van der Waals surface area contributed by atoms with Gasteiger partial charge in [-0.2, -0.15) is 0 Å². The fraction of sp³-hybridized carbons (Fsp3) is 0.300. The van der Waals surface area contributed by atoms with Gasteiger partial charge in [-0.05, 0) is 56.6 Å². The zero-order valence-electron chi connectivity index (χ0n) is 14.7. The molecule has 2 aromatic carbocycles. The maximum absolute atomic E-state index is 14.0. The van der Waals surface area contributed by atoms with Crippen molar-refractivity contribution in [3.63, 3.8) is 0 Å². The lowest BCUT2D eigenvalue weighted by Gasteiger charge is -2.26.